The van der Waals surface area contributed by atoms with Gasteiger partial charge in [-0.2, -0.15) is 0 Å². The van der Waals surface area contributed by atoms with Crippen LogP contribution in [0.4, 0.5) is 15.9 Å². The van der Waals surface area contributed by atoms with Gasteiger partial charge in [0.15, 0.2) is 5.78 Å². The van der Waals surface area contributed by atoms with Gasteiger partial charge in [0, 0.05) is 24.0 Å². The van der Waals surface area contributed by atoms with Crippen molar-refractivity contribution in [2.75, 3.05) is 17.1 Å². The number of carbonyl (C=O) groups is 1. The van der Waals surface area contributed by atoms with Crippen LogP contribution in [0.5, 0.6) is 0 Å². The molecule has 0 bridgehead atoms. The molecule has 0 aliphatic rings. The maximum absolute atomic E-state index is 13.4. The van der Waals surface area contributed by atoms with Crippen LogP contribution in [0, 0.1) is 5.82 Å². The number of rotatable bonds is 7. The van der Waals surface area contributed by atoms with Crippen LogP contribution in [0.2, 0.25) is 5.02 Å². The minimum absolute atomic E-state index is 0.102. The van der Waals surface area contributed by atoms with Crippen LogP contribution in [0.25, 0.3) is 11.0 Å². The molecule has 0 fully saturated rings. The summed E-state index contributed by atoms with van der Waals surface area (Å²) in [6, 6.07) is 8.88. The van der Waals surface area contributed by atoms with Crippen LogP contribution in [0.15, 0.2) is 59.9 Å². The van der Waals surface area contributed by atoms with Gasteiger partial charge in [0.25, 0.3) is 10.0 Å². The highest BCUT2D eigenvalue weighted by Crippen LogP contribution is 2.27. The first kappa shape index (κ1) is 22.6. The van der Waals surface area contributed by atoms with Crippen molar-refractivity contribution in [1.29, 1.82) is 0 Å². The number of nitrogens with zero attached hydrogens (tertiary/aromatic N) is 3. The van der Waals surface area contributed by atoms with Crippen molar-refractivity contribution >= 4 is 49.9 Å². The number of aliphatic hydroxyl groups is 1. The van der Waals surface area contributed by atoms with E-state index in [4.69, 9.17) is 17.3 Å². The lowest BCUT2D eigenvalue weighted by Crippen LogP contribution is -2.13. The second-order valence-electron chi connectivity index (χ2n) is 7.01. The Kier molecular flexibility index (Phi) is 6.02. The number of hydrogen-bond acceptors (Lipinski definition) is 7. The number of anilines is 2. The van der Waals surface area contributed by atoms with Crippen LogP contribution in [0.3, 0.4) is 0 Å². The Bertz CT molecular complexity index is 1490. The summed E-state index contributed by atoms with van der Waals surface area (Å²) in [6.07, 6.45) is 2.78. The van der Waals surface area contributed by atoms with Gasteiger partial charge in [-0.15, -0.1) is 0 Å². The molecule has 4 rings (SSSR count). The summed E-state index contributed by atoms with van der Waals surface area (Å²) in [5.74, 6) is -1.08. The van der Waals surface area contributed by atoms with E-state index in [1.165, 1.54) is 36.8 Å². The average Bonchev–Trinajstić information content (AvgIpc) is 3.15. The summed E-state index contributed by atoms with van der Waals surface area (Å²) in [5, 5.41) is 9.31. The minimum Gasteiger partial charge on any atom is -0.395 e. The van der Waals surface area contributed by atoms with Gasteiger partial charge in [0.05, 0.1) is 27.5 Å². The second-order valence-corrected chi connectivity index (χ2v) is 9.10. The number of benzene rings is 2. The number of nitrogens with two attached hydrogens (primary N) is 1. The van der Waals surface area contributed by atoms with E-state index in [-0.39, 0.29) is 45.7 Å². The number of nitrogens with one attached hydrogen (secondary N) is 1. The highest BCUT2D eigenvalue weighted by Gasteiger charge is 2.21. The molecular weight excluding hydrogens is 473 g/mol. The summed E-state index contributed by atoms with van der Waals surface area (Å²) in [7, 11) is -4.09. The van der Waals surface area contributed by atoms with Gasteiger partial charge in [0.1, 0.15) is 23.6 Å². The predicted molar refractivity (Wildman–Crippen MR) is 121 cm³/mol. The van der Waals surface area contributed by atoms with Gasteiger partial charge in [-0.3, -0.25) is 9.52 Å². The molecule has 170 valence electrons. The SMILES string of the molecule is Nc1ncnc2c1c(C(=O)c1cccc(NS(=O)(=O)c3ccc(F)c(Cl)c3)c1)cn2CCO. The van der Waals surface area contributed by atoms with E-state index < -0.39 is 21.6 Å². The van der Waals surface area contributed by atoms with Crippen molar-refractivity contribution < 1.29 is 22.7 Å². The fourth-order valence-electron chi connectivity index (χ4n) is 3.33. The Hall–Kier alpha value is -3.54. The molecule has 0 aliphatic carbocycles. The molecule has 0 saturated carbocycles. The van der Waals surface area contributed by atoms with Crippen LogP contribution in [-0.4, -0.2) is 40.4 Å². The van der Waals surface area contributed by atoms with Gasteiger partial charge in [-0.1, -0.05) is 23.7 Å². The lowest BCUT2D eigenvalue weighted by Gasteiger charge is -2.10. The number of aliphatic hydroxyl groups excluding tert-OH is 1. The zero-order chi connectivity index (χ0) is 23.8. The number of carbonyl (C=O) groups excluding carboxylic acids is 1. The highest BCUT2D eigenvalue weighted by molar-refractivity contribution is 7.92. The smallest absolute Gasteiger partial charge is 0.261 e. The topological polar surface area (TPSA) is 140 Å². The van der Waals surface area contributed by atoms with Crippen molar-refractivity contribution in [2.24, 2.45) is 0 Å². The zero-order valence-electron chi connectivity index (χ0n) is 16.9. The molecule has 2 aromatic carbocycles. The molecule has 0 atom stereocenters. The molecule has 2 aromatic heterocycles. The Balaban J connectivity index is 1.70. The molecule has 33 heavy (non-hydrogen) atoms. The first-order valence-corrected chi connectivity index (χ1v) is 11.4. The minimum atomic E-state index is -4.09. The quantitative estimate of drug-likeness (QED) is 0.339. The third-order valence-corrected chi connectivity index (χ3v) is 6.52. The summed E-state index contributed by atoms with van der Waals surface area (Å²) < 4.78 is 42.7. The number of fused-ring (bicyclic) bond motifs is 1. The lowest BCUT2D eigenvalue weighted by molar-refractivity contribution is 0.104. The van der Waals surface area contributed by atoms with E-state index >= 15 is 0 Å². The summed E-state index contributed by atoms with van der Waals surface area (Å²) in [6.45, 7) is 0.0201. The Morgan fingerprint density at radius 3 is 2.73 bits per heavy atom. The molecule has 0 saturated heterocycles. The van der Waals surface area contributed by atoms with E-state index in [0.717, 1.165) is 18.2 Å². The standard InChI is InChI=1S/C21H17ClFN5O4S/c22-16-9-14(4-5-17(16)23)33(31,32)27-13-3-1-2-12(8-13)19(30)15-10-28(6-7-29)21-18(15)20(24)25-11-26-21/h1-5,8-11,27,29H,6-7H2,(H2,24,25,26). The number of ketones is 1. The third-order valence-electron chi connectivity index (χ3n) is 4.85. The lowest BCUT2D eigenvalue weighted by atomic mass is 10.0. The van der Waals surface area contributed by atoms with Crippen LogP contribution < -0.4 is 10.5 Å². The van der Waals surface area contributed by atoms with Gasteiger partial charge in [0.2, 0.25) is 0 Å². The molecule has 2 heterocycles. The van der Waals surface area contributed by atoms with Crippen molar-refractivity contribution in [1.82, 2.24) is 14.5 Å². The third kappa shape index (κ3) is 4.38. The van der Waals surface area contributed by atoms with Crippen molar-refractivity contribution in [2.45, 2.75) is 11.4 Å². The maximum Gasteiger partial charge on any atom is 0.261 e. The molecule has 0 spiro atoms. The van der Waals surface area contributed by atoms with Crippen molar-refractivity contribution in [3.63, 3.8) is 0 Å². The van der Waals surface area contributed by atoms with Crippen molar-refractivity contribution in [3.8, 4) is 0 Å². The number of sulfonamides is 1. The van der Waals surface area contributed by atoms with E-state index in [1.54, 1.807) is 4.57 Å². The molecule has 0 aliphatic heterocycles. The Morgan fingerprint density at radius 2 is 2.00 bits per heavy atom. The Morgan fingerprint density at radius 1 is 1.21 bits per heavy atom. The maximum atomic E-state index is 13.4. The summed E-state index contributed by atoms with van der Waals surface area (Å²) in [5.41, 5.74) is 6.87. The number of hydrogen-bond donors (Lipinski definition) is 3. The molecule has 4 N–H and O–H groups in total. The molecule has 0 unspecified atom stereocenters. The normalized spacial score (nSPS) is 11.6. The van der Waals surface area contributed by atoms with Gasteiger partial charge in [-0.25, -0.2) is 22.8 Å². The van der Waals surface area contributed by atoms with E-state index in [9.17, 15) is 22.7 Å². The first-order valence-electron chi connectivity index (χ1n) is 9.54. The Labute approximate surface area is 192 Å². The summed E-state index contributed by atoms with van der Waals surface area (Å²) >= 11 is 5.69. The molecule has 12 heteroatoms. The van der Waals surface area contributed by atoms with E-state index in [2.05, 4.69) is 14.7 Å². The van der Waals surface area contributed by atoms with Crippen LogP contribution in [-0.2, 0) is 16.6 Å². The van der Waals surface area contributed by atoms with E-state index in [1.807, 2.05) is 0 Å². The number of halogens is 2. The molecule has 9 nitrogen and oxygen atoms in total. The fraction of sp³-hybridized carbons (Fsp3) is 0.0952. The molecule has 0 radical (unpaired) electrons. The van der Waals surface area contributed by atoms with E-state index in [0.29, 0.717) is 11.0 Å². The van der Waals surface area contributed by atoms with Gasteiger partial charge >= 0.3 is 0 Å². The fourth-order valence-corrected chi connectivity index (χ4v) is 4.66. The largest absolute Gasteiger partial charge is 0.395 e. The number of aromatic nitrogens is 3. The first-order chi connectivity index (χ1) is 15.7. The molecule has 4 aromatic rings. The monoisotopic (exact) mass is 489 g/mol. The average molecular weight is 490 g/mol. The highest BCUT2D eigenvalue weighted by atomic mass is 35.5. The predicted octanol–water partition coefficient (Wildman–Crippen LogP) is 2.83. The van der Waals surface area contributed by atoms with Crippen LogP contribution >= 0.6 is 11.6 Å². The second kappa shape index (κ2) is 8.77. The molecular formula is C21H17ClFN5O4S. The zero-order valence-corrected chi connectivity index (χ0v) is 18.4. The molecule has 0 amide bonds. The van der Waals surface area contributed by atoms with Crippen LogP contribution in [0.1, 0.15) is 15.9 Å². The van der Waals surface area contributed by atoms with Gasteiger partial charge in [-0.05, 0) is 30.3 Å². The van der Waals surface area contributed by atoms with Gasteiger partial charge < -0.3 is 15.4 Å². The van der Waals surface area contributed by atoms with Crippen molar-refractivity contribution in [3.05, 3.63) is 77.0 Å². The summed E-state index contributed by atoms with van der Waals surface area (Å²) in [4.78, 5) is 21.1. The number of nitrogen functional groups attached to an aromatic ring is 1.